The van der Waals surface area contributed by atoms with Gasteiger partial charge in [0, 0.05) is 31.7 Å². The molecule has 0 spiro atoms. The van der Waals surface area contributed by atoms with Crippen molar-refractivity contribution in [2.75, 3.05) is 13.1 Å². The maximum atomic E-state index is 12.9. The number of nitrogens with zero attached hydrogens (tertiary/aromatic N) is 5. The molecule has 11 heteroatoms. The highest BCUT2D eigenvalue weighted by atomic mass is 32.2. The van der Waals surface area contributed by atoms with Gasteiger partial charge in [0.25, 0.3) is 5.89 Å². The van der Waals surface area contributed by atoms with Gasteiger partial charge < -0.3 is 9.26 Å². The molecule has 1 atom stereocenters. The lowest BCUT2D eigenvalue weighted by molar-refractivity contribution is 0.242. The largest absolute Gasteiger partial charge is 0.484 e. The van der Waals surface area contributed by atoms with Crippen LogP contribution >= 0.6 is 0 Å². The Morgan fingerprint density at radius 3 is 2.83 bits per heavy atom. The number of rotatable bonds is 7. The molecule has 1 aliphatic heterocycles. The maximum Gasteiger partial charge on any atom is 0.264 e. The van der Waals surface area contributed by atoms with Crippen LogP contribution < -0.4 is 4.74 Å². The second-order valence-corrected chi connectivity index (χ2v) is 8.61. The molecule has 1 unspecified atom stereocenters. The summed E-state index contributed by atoms with van der Waals surface area (Å²) >= 11 is 0. The number of hydrogen-bond acceptors (Lipinski definition) is 7. The highest BCUT2D eigenvalue weighted by molar-refractivity contribution is 7.89. The number of halogens is 1. The molecule has 0 amide bonds. The van der Waals surface area contributed by atoms with E-state index in [1.54, 1.807) is 4.68 Å². The first-order valence-electron chi connectivity index (χ1n) is 9.19. The van der Waals surface area contributed by atoms with Crippen molar-refractivity contribution >= 4 is 10.0 Å². The van der Waals surface area contributed by atoms with E-state index in [0.29, 0.717) is 31.1 Å². The lowest BCUT2D eigenvalue weighted by atomic mass is 10.1. The third-order valence-electron chi connectivity index (χ3n) is 4.75. The molecular weight excluding hydrogens is 401 g/mol. The highest BCUT2D eigenvalue weighted by Crippen LogP contribution is 2.29. The van der Waals surface area contributed by atoms with Gasteiger partial charge in [0.2, 0.25) is 10.0 Å². The Morgan fingerprint density at radius 2 is 2.10 bits per heavy atom. The fourth-order valence-electron chi connectivity index (χ4n) is 3.13. The summed E-state index contributed by atoms with van der Waals surface area (Å²) in [5, 5.41) is 8.01. The van der Waals surface area contributed by atoms with Gasteiger partial charge in [-0.05, 0) is 37.6 Å². The van der Waals surface area contributed by atoms with E-state index in [1.807, 2.05) is 6.92 Å². The maximum absolute atomic E-state index is 12.9. The van der Waals surface area contributed by atoms with Crippen LogP contribution in [0.4, 0.5) is 4.39 Å². The number of benzene rings is 1. The van der Waals surface area contributed by atoms with Gasteiger partial charge in [0.05, 0.1) is 6.20 Å². The van der Waals surface area contributed by atoms with E-state index in [2.05, 4.69) is 15.2 Å². The van der Waals surface area contributed by atoms with Crippen molar-refractivity contribution in [1.29, 1.82) is 0 Å². The van der Waals surface area contributed by atoms with Crippen LogP contribution in [0, 0.1) is 5.82 Å². The molecule has 4 rings (SSSR count). The first kappa shape index (κ1) is 19.5. The Balaban J connectivity index is 1.38. The zero-order valence-electron chi connectivity index (χ0n) is 15.7. The van der Waals surface area contributed by atoms with Crippen LogP contribution in [0.1, 0.15) is 31.0 Å². The van der Waals surface area contributed by atoms with E-state index in [-0.39, 0.29) is 35.7 Å². The van der Waals surface area contributed by atoms with Gasteiger partial charge in [0.1, 0.15) is 16.5 Å². The van der Waals surface area contributed by atoms with Crippen LogP contribution in [0.15, 0.2) is 46.1 Å². The molecule has 3 aromatic rings. The van der Waals surface area contributed by atoms with Crippen LogP contribution in [0.2, 0.25) is 0 Å². The standard InChI is InChI=1S/C18H20FN5O4S/c1-2-23-11-16(9-20-23)29(25,26)24-8-7-13(10-24)18-21-17(28-22-18)12-27-15-5-3-14(19)4-6-15/h3-6,9,11,13H,2,7-8,10,12H2,1H3. The molecule has 1 aliphatic rings. The van der Waals surface area contributed by atoms with Gasteiger partial charge in [0.15, 0.2) is 12.4 Å². The molecule has 0 N–H and O–H groups in total. The minimum atomic E-state index is -3.60. The molecule has 0 aliphatic carbocycles. The summed E-state index contributed by atoms with van der Waals surface area (Å²) < 4.78 is 52.2. The molecule has 1 fully saturated rings. The molecule has 1 aromatic carbocycles. The Hall–Kier alpha value is -2.79. The van der Waals surface area contributed by atoms with Crippen molar-refractivity contribution in [2.24, 2.45) is 0 Å². The average molecular weight is 421 g/mol. The number of hydrogen-bond donors (Lipinski definition) is 0. The predicted molar refractivity (Wildman–Crippen MR) is 99.0 cm³/mol. The highest BCUT2D eigenvalue weighted by Gasteiger charge is 2.36. The summed E-state index contributed by atoms with van der Waals surface area (Å²) in [6.45, 7) is 3.19. The third kappa shape index (κ3) is 4.15. The minimum absolute atomic E-state index is 0.0452. The van der Waals surface area contributed by atoms with Crippen molar-refractivity contribution in [1.82, 2.24) is 24.2 Å². The summed E-state index contributed by atoms with van der Waals surface area (Å²) in [7, 11) is -3.60. The minimum Gasteiger partial charge on any atom is -0.484 e. The topological polar surface area (TPSA) is 103 Å². The first-order chi connectivity index (χ1) is 14.0. The van der Waals surface area contributed by atoms with Gasteiger partial charge in [-0.1, -0.05) is 5.16 Å². The monoisotopic (exact) mass is 421 g/mol. The van der Waals surface area contributed by atoms with E-state index in [0.717, 1.165) is 0 Å². The second-order valence-electron chi connectivity index (χ2n) is 6.67. The Morgan fingerprint density at radius 1 is 1.31 bits per heavy atom. The van der Waals surface area contributed by atoms with Gasteiger partial charge in [-0.25, -0.2) is 12.8 Å². The molecule has 0 saturated carbocycles. The van der Waals surface area contributed by atoms with Crippen molar-refractivity contribution in [3.63, 3.8) is 0 Å². The van der Waals surface area contributed by atoms with Crippen LogP contribution in [-0.2, 0) is 23.2 Å². The van der Waals surface area contributed by atoms with Crippen molar-refractivity contribution < 1.29 is 22.1 Å². The third-order valence-corrected chi connectivity index (χ3v) is 6.57. The molecule has 29 heavy (non-hydrogen) atoms. The molecular formula is C18H20FN5O4S. The first-order valence-corrected chi connectivity index (χ1v) is 10.6. The van der Waals surface area contributed by atoms with Crippen molar-refractivity contribution in [2.45, 2.75) is 37.3 Å². The van der Waals surface area contributed by atoms with Crippen LogP contribution in [-0.4, -0.2) is 45.7 Å². The summed E-state index contributed by atoms with van der Waals surface area (Å²) in [6.07, 6.45) is 3.49. The zero-order chi connectivity index (χ0) is 20.4. The SMILES string of the molecule is CCn1cc(S(=O)(=O)N2CCC(c3noc(COc4ccc(F)cc4)n3)C2)cn1. The van der Waals surface area contributed by atoms with E-state index < -0.39 is 10.0 Å². The molecule has 154 valence electrons. The van der Waals surface area contributed by atoms with Gasteiger partial charge in [-0.2, -0.15) is 14.4 Å². The Labute approximate surface area is 167 Å². The van der Waals surface area contributed by atoms with Gasteiger partial charge in [-0.3, -0.25) is 4.68 Å². The van der Waals surface area contributed by atoms with Crippen LogP contribution in [0.3, 0.4) is 0 Å². The molecule has 1 saturated heterocycles. The smallest absolute Gasteiger partial charge is 0.264 e. The summed E-state index contributed by atoms with van der Waals surface area (Å²) in [6, 6.07) is 5.61. The molecule has 9 nitrogen and oxygen atoms in total. The van der Waals surface area contributed by atoms with Crippen molar-refractivity contribution in [3.05, 3.63) is 54.2 Å². The van der Waals surface area contributed by atoms with Crippen molar-refractivity contribution in [3.8, 4) is 5.75 Å². The van der Waals surface area contributed by atoms with E-state index in [1.165, 1.54) is 41.0 Å². The predicted octanol–water partition coefficient (Wildman–Crippen LogP) is 2.18. The van der Waals surface area contributed by atoms with Crippen LogP contribution in [0.5, 0.6) is 5.75 Å². The fourth-order valence-corrected chi connectivity index (χ4v) is 4.58. The number of sulfonamides is 1. The summed E-state index contributed by atoms with van der Waals surface area (Å²) in [5.74, 6) is 0.700. The molecule has 0 radical (unpaired) electrons. The fraction of sp³-hybridized carbons (Fsp3) is 0.389. The van der Waals surface area contributed by atoms with E-state index in [9.17, 15) is 12.8 Å². The van der Waals surface area contributed by atoms with E-state index >= 15 is 0 Å². The number of aryl methyl sites for hydroxylation is 1. The number of ether oxygens (including phenoxy) is 1. The molecule has 3 heterocycles. The average Bonchev–Trinajstić information content (AvgIpc) is 3.47. The molecule has 0 bridgehead atoms. The quantitative estimate of drug-likeness (QED) is 0.576. The van der Waals surface area contributed by atoms with Crippen LogP contribution in [0.25, 0.3) is 0 Å². The molecule has 2 aromatic heterocycles. The lowest BCUT2D eigenvalue weighted by Gasteiger charge is -2.14. The lowest BCUT2D eigenvalue weighted by Crippen LogP contribution is -2.28. The zero-order valence-corrected chi connectivity index (χ0v) is 16.5. The van der Waals surface area contributed by atoms with Gasteiger partial charge in [-0.15, -0.1) is 0 Å². The number of aromatic nitrogens is 4. The van der Waals surface area contributed by atoms with E-state index in [4.69, 9.17) is 9.26 Å². The Kier molecular flexibility index (Phi) is 5.33. The Bertz CT molecular complexity index is 1080. The second kappa shape index (κ2) is 7.91. The normalized spacial score (nSPS) is 17.7. The summed E-state index contributed by atoms with van der Waals surface area (Å²) in [4.78, 5) is 4.50. The summed E-state index contributed by atoms with van der Waals surface area (Å²) in [5.41, 5.74) is 0. The van der Waals surface area contributed by atoms with Gasteiger partial charge >= 0.3 is 0 Å².